The van der Waals surface area contributed by atoms with Crippen LogP contribution in [-0.2, 0) is 4.79 Å². The Labute approximate surface area is 141 Å². The third-order valence-electron chi connectivity index (χ3n) is 4.11. The topological polar surface area (TPSA) is 87.1 Å². The summed E-state index contributed by atoms with van der Waals surface area (Å²) in [4.78, 5) is 24.0. The number of carboxylic acids is 1. The maximum absolute atomic E-state index is 12.9. The van der Waals surface area contributed by atoms with Crippen LogP contribution in [-0.4, -0.2) is 58.5 Å². The van der Waals surface area contributed by atoms with Crippen LogP contribution in [0.15, 0.2) is 12.1 Å². The molecule has 1 atom stereocenters. The molecule has 2 N–H and O–H groups in total. The molecular weight excluding hydrogens is 343 g/mol. The summed E-state index contributed by atoms with van der Waals surface area (Å²) in [5.41, 5.74) is -1.74. The largest absolute Gasteiger partial charge is 0.481 e. The van der Waals surface area contributed by atoms with Crippen LogP contribution in [0, 0.1) is 13.8 Å². The van der Waals surface area contributed by atoms with E-state index in [0.717, 1.165) is 4.90 Å². The summed E-state index contributed by atoms with van der Waals surface area (Å²) in [6.07, 6.45) is -5.37. The summed E-state index contributed by atoms with van der Waals surface area (Å²) in [6.45, 7) is 1.66. The molecule has 1 aromatic carbocycles. The van der Waals surface area contributed by atoms with Gasteiger partial charge in [0.2, 0.25) is 0 Å². The van der Waals surface area contributed by atoms with E-state index in [1.165, 1.54) is 12.1 Å². The van der Waals surface area contributed by atoms with E-state index in [2.05, 4.69) is 0 Å². The number of aliphatic carboxylic acids is 1. The number of β-amino-alcohol motifs (C(OH)–C–C–N with tert-alkyl or cyclic N) is 1. The van der Waals surface area contributed by atoms with Crippen LogP contribution < -0.4 is 4.74 Å². The van der Waals surface area contributed by atoms with E-state index < -0.39 is 43.2 Å². The Bertz CT molecular complexity index is 680. The fraction of sp³-hybridized carbons (Fsp3) is 0.500. The maximum atomic E-state index is 12.9. The van der Waals surface area contributed by atoms with Crippen LogP contribution in [0.4, 0.5) is 13.2 Å². The number of carbonyl (C=O) groups is 2. The Morgan fingerprint density at radius 1 is 1.28 bits per heavy atom. The van der Waals surface area contributed by atoms with Gasteiger partial charge in [0.25, 0.3) is 5.91 Å². The van der Waals surface area contributed by atoms with Crippen LogP contribution in [0.3, 0.4) is 0 Å². The first-order chi connectivity index (χ1) is 11.4. The van der Waals surface area contributed by atoms with Gasteiger partial charge < -0.3 is 19.8 Å². The molecule has 0 radical (unpaired) electrons. The lowest BCUT2D eigenvalue weighted by atomic mass is 10.0. The van der Waals surface area contributed by atoms with Gasteiger partial charge in [-0.25, -0.2) is 4.79 Å². The zero-order valence-corrected chi connectivity index (χ0v) is 13.7. The number of benzene rings is 1. The summed E-state index contributed by atoms with van der Waals surface area (Å²) in [7, 11) is 0. The van der Waals surface area contributed by atoms with E-state index in [-0.39, 0.29) is 12.1 Å². The van der Waals surface area contributed by atoms with Crippen molar-refractivity contribution in [3.63, 3.8) is 0 Å². The number of aliphatic hydroxyl groups is 1. The first-order valence-corrected chi connectivity index (χ1v) is 7.49. The second-order valence-corrected chi connectivity index (χ2v) is 6.13. The SMILES string of the molecule is Cc1cc(C(=O)N2CCC(O)(C(F)(F)F)C2)cc(C)c1OCC(=O)O. The van der Waals surface area contributed by atoms with Gasteiger partial charge in [0.1, 0.15) is 5.75 Å². The number of nitrogens with zero attached hydrogens (tertiary/aromatic N) is 1. The highest BCUT2D eigenvalue weighted by Gasteiger charge is 2.57. The molecule has 1 aliphatic heterocycles. The van der Waals surface area contributed by atoms with Crippen molar-refractivity contribution in [2.75, 3.05) is 19.7 Å². The first kappa shape index (κ1) is 19.0. The number of ether oxygens (including phenoxy) is 1. The monoisotopic (exact) mass is 361 g/mol. The molecule has 1 aromatic rings. The van der Waals surface area contributed by atoms with Gasteiger partial charge >= 0.3 is 12.1 Å². The zero-order chi connectivity index (χ0) is 19.0. The van der Waals surface area contributed by atoms with E-state index in [1.807, 2.05) is 0 Å². The standard InChI is InChI=1S/C16H18F3NO5/c1-9-5-11(6-10(2)13(9)25-7-12(21)22)14(23)20-4-3-15(24,8-20)16(17,18)19/h5-6,24H,3-4,7-8H2,1-2H3,(H,21,22). The van der Waals surface area contributed by atoms with Gasteiger partial charge in [-0.1, -0.05) is 0 Å². The number of carboxylic acid groups (broad SMARTS) is 1. The molecule has 138 valence electrons. The Balaban J connectivity index is 2.20. The summed E-state index contributed by atoms with van der Waals surface area (Å²) >= 11 is 0. The molecule has 1 unspecified atom stereocenters. The molecular formula is C16H18F3NO5. The van der Waals surface area contributed by atoms with E-state index >= 15 is 0 Å². The predicted molar refractivity (Wildman–Crippen MR) is 80.6 cm³/mol. The average Bonchev–Trinajstić information content (AvgIpc) is 2.88. The van der Waals surface area contributed by atoms with Gasteiger partial charge in [-0.2, -0.15) is 13.2 Å². The van der Waals surface area contributed by atoms with Crippen molar-refractivity contribution in [1.82, 2.24) is 4.90 Å². The van der Waals surface area contributed by atoms with Crippen molar-refractivity contribution in [2.45, 2.75) is 32.0 Å². The van der Waals surface area contributed by atoms with E-state index in [4.69, 9.17) is 9.84 Å². The third-order valence-corrected chi connectivity index (χ3v) is 4.11. The number of hydrogen-bond donors (Lipinski definition) is 2. The lowest BCUT2D eigenvalue weighted by Gasteiger charge is -2.26. The average molecular weight is 361 g/mol. The van der Waals surface area contributed by atoms with Crippen LogP contribution in [0.1, 0.15) is 27.9 Å². The summed E-state index contributed by atoms with van der Waals surface area (Å²) in [5.74, 6) is -1.47. The number of alkyl halides is 3. The van der Waals surface area contributed by atoms with Crippen molar-refractivity contribution >= 4 is 11.9 Å². The number of aryl methyl sites for hydroxylation is 2. The molecule has 0 aliphatic carbocycles. The van der Waals surface area contributed by atoms with E-state index in [0.29, 0.717) is 16.9 Å². The van der Waals surface area contributed by atoms with Gasteiger partial charge in [-0.05, 0) is 37.1 Å². The number of halogens is 3. The molecule has 1 aliphatic rings. The Hall–Kier alpha value is -2.29. The second-order valence-electron chi connectivity index (χ2n) is 6.13. The molecule has 0 aromatic heterocycles. The normalized spacial score (nSPS) is 20.6. The number of rotatable bonds is 4. The van der Waals surface area contributed by atoms with E-state index in [1.54, 1.807) is 13.8 Å². The lowest BCUT2D eigenvalue weighted by molar-refractivity contribution is -0.253. The number of hydrogen-bond acceptors (Lipinski definition) is 4. The van der Waals surface area contributed by atoms with Crippen molar-refractivity contribution < 1.29 is 37.7 Å². The maximum Gasteiger partial charge on any atom is 0.419 e. The summed E-state index contributed by atoms with van der Waals surface area (Å²) in [5, 5.41) is 18.3. The number of carbonyl (C=O) groups excluding carboxylic acids is 1. The molecule has 0 bridgehead atoms. The third kappa shape index (κ3) is 3.87. The Kier molecular flexibility index (Phi) is 4.99. The van der Waals surface area contributed by atoms with Crippen LogP contribution >= 0.6 is 0 Å². The van der Waals surface area contributed by atoms with E-state index in [9.17, 15) is 27.9 Å². The van der Waals surface area contributed by atoms with Crippen LogP contribution in [0.25, 0.3) is 0 Å². The molecule has 1 amide bonds. The van der Waals surface area contributed by atoms with Gasteiger partial charge in [-0.3, -0.25) is 4.79 Å². The van der Waals surface area contributed by atoms with Crippen molar-refractivity contribution in [2.24, 2.45) is 0 Å². The highest BCUT2D eigenvalue weighted by molar-refractivity contribution is 5.95. The smallest absolute Gasteiger partial charge is 0.419 e. The van der Waals surface area contributed by atoms with Crippen LogP contribution in [0.5, 0.6) is 5.75 Å². The second kappa shape index (κ2) is 6.55. The van der Waals surface area contributed by atoms with Gasteiger partial charge in [0, 0.05) is 18.5 Å². The quantitative estimate of drug-likeness (QED) is 0.855. The molecule has 9 heteroatoms. The molecule has 1 saturated heterocycles. The highest BCUT2D eigenvalue weighted by atomic mass is 19.4. The fourth-order valence-electron chi connectivity index (χ4n) is 2.82. The molecule has 0 spiro atoms. The number of amides is 1. The van der Waals surface area contributed by atoms with Gasteiger partial charge in [0.05, 0.1) is 6.54 Å². The highest BCUT2D eigenvalue weighted by Crippen LogP contribution is 2.38. The fourth-order valence-corrected chi connectivity index (χ4v) is 2.82. The molecule has 1 fully saturated rings. The molecule has 2 rings (SSSR count). The van der Waals surface area contributed by atoms with Gasteiger partial charge in [-0.15, -0.1) is 0 Å². The lowest BCUT2D eigenvalue weighted by Crippen LogP contribution is -2.48. The Morgan fingerprint density at radius 2 is 1.84 bits per heavy atom. The van der Waals surface area contributed by atoms with Crippen LogP contribution in [0.2, 0.25) is 0 Å². The minimum Gasteiger partial charge on any atom is -0.481 e. The molecule has 0 saturated carbocycles. The Morgan fingerprint density at radius 3 is 2.28 bits per heavy atom. The molecule has 6 nitrogen and oxygen atoms in total. The molecule has 1 heterocycles. The van der Waals surface area contributed by atoms with Gasteiger partial charge in [0.15, 0.2) is 12.2 Å². The first-order valence-electron chi connectivity index (χ1n) is 7.49. The van der Waals surface area contributed by atoms with Crippen molar-refractivity contribution in [1.29, 1.82) is 0 Å². The summed E-state index contributed by atoms with van der Waals surface area (Å²) < 4.78 is 43.7. The van der Waals surface area contributed by atoms with Crippen molar-refractivity contribution in [3.05, 3.63) is 28.8 Å². The number of likely N-dealkylation sites (tertiary alicyclic amines) is 1. The molecule has 25 heavy (non-hydrogen) atoms. The minimum atomic E-state index is -4.80. The van der Waals surface area contributed by atoms with Crippen molar-refractivity contribution in [3.8, 4) is 5.75 Å². The zero-order valence-electron chi connectivity index (χ0n) is 13.7. The summed E-state index contributed by atoms with van der Waals surface area (Å²) in [6, 6.07) is 2.86. The predicted octanol–water partition coefficient (Wildman–Crippen LogP) is 1.91. The minimum absolute atomic E-state index is 0.157.